The summed E-state index contributed by atoms with van der Waals surface area (Å²) < 4.78 is 11.3. The van der Waals surface area contributed by atoms with E-state index < -0.39 is 0 Å². The number of aromatic nitrogens is 2. The number of benzene rings is 1. The van der Waals surface area contributed by atoms with E-state index in [0.29, 0.717) is 12.4 Å². The summed E-state index contributed by atoms with van der Waals surface area (Å²) >= 11 is 0. The average molecular weight is 315 g/mol. The monoisotopic (exact) mass is 315 g/mol. The van der Waals surface area contributed by atoms with E-state index in [1.54, 1.807) is 0 Å². The predicted octanol–water partition coefficient (Wildman–Crippen LogP) is 2.81. The third kappa shape index (κ3) is 4.39. The van der Waals surface area contributed by atoms with Gasteiger partial charge in [0.05, 0.1) is 19.3 Å². The van der Waals surface area contributed by atoms with E-state index in [4.69, 9.17) is 9.26 Å². The van der Waals surface area contributed by atoms with Gasteiger partial charge in [-0.1, -0.05) is 56.3 Å². The molecule has 3 rings (SSSR count). The van der Waals surface area contributed by atoms with Crippen molar-refractivity contribution in [2.45, 2.75) is 45.3 Å². The Morgan fingerprint density at radius 1 is 1.22 bits per heavy atom. The molecule has 124 valence electrons. The minimum Gasteiger partial charge on any atom is -0.375 e. The van der Waals surface area contributed by atoms with E-state index in [9.17, 15) is 0 Å². The first-order chi connectivity index (χ1) is 11.0. The first-order valence-electron chi connectivity index (χ1n) is 8.21. The third-order valence-electron chi connectivity index (χ3n) is 4.03. The zero-order valence-electron chi connectivity index (χ0n) is 14.2. The summed E-state index contributed by atoms with van der Waals surface area (Å²) in [5.74, 6) is 1.46. The second kappa shape index (κ2) is 6.81. The molecule has 1 aliphatic rings. The number of ether oxygens (including phenoxy) is 1. The minimum absolute atomic E-state index is 0.0808. The van der Waals surface area contributed by atoms with E-state index in [-0.39, 0.29) is 11.5 Å². The molecule has 2 heterocycles. The molecule has 1 unspecified atom stereocenters. The molecular weight excluding hydrogens is 290 g/mol. The molecule has 0 N–H and O–H groups in total. The number of hydrogen-bond donors (Lipinski definition) is 0. The maximum absolute atomic E-state index is 5.90. The highest BCUT2D eigenvalue weighted by Crippen LogP contribution is 2.19. The van der Waals surface area contributed by atoms with Crippen LogP contribution in [0, 0.1) is 0 Å². The van der Waals surface area contributed by atoms with Crippen LogP contribution in [0.4, 0.5) is 0 Å². The highest BCUT2D eigenvalue weighted by Gasteiger charge is 2.25. The van der Waals surface area contributed by atoms with Crippen LogP contribution in [0.5, 0.6) is 0 Å². The molecule has 2 aromatic rings. The topological polar surface area (TPSA) is 51.4 Å². The summed E-state index contributed by atoms with van der Waals surface area (Å²) in [6, 6.07) is 10.5. The largest absolute Gasteiger partial charge is 0.375 e. The van der Waals surface area contributed by atoms with E-state index in [2.05, 4.69) is 60.1 Å². The van der Waals surface area contributed by atoms with Crippen LogP contribution < -0.4 is 0 Å². The lowest BCUT2D eigenvalue weighted by Crippen LogP contribution is -2.42. The lowest BCUT2D eigenvalue weighted by molar-refractivity contribution is -0.0331. The van der Waals surface area contributed by atoms with E-state index >= 15 is 0 Å². The van der Waals surface area contributed by atoms with Crippen LogP contribution in [-0.2, 0) is 23.1 Å². The van der Waals surface area contributed by atoms with Gasteiger partial charge in [-0.15, -0.1) is 0 Å². The first-order valence-corrected chi connectivity index (χ1v) is 8.21. The van der Waals surface area contributed by atoms with Gasteiger partial charge in [-0.25, -0.2) is 0 Å². The van der Waals surface area contributed by atoms with Crippen molar-refractivity contribution >= 4 is 0 Å². The zero-order valence-corrected chi connectivity index (χ0v) is 14.2. The molecule has 1 atom stereocenters. The molecule has 1 aromatic carbocycles. The Balaban J connectivity index is 1.57. The van der Waals surface area contributed by atoms with E-state index in [1.165, 1.54) is 5.56 Å². The Kier molecular flexibility index (Phi) is 4.78. The number of rotatable bonds is 4. The fourth-order valence-corrected chi connectivity index (χ4v) is 2.74. The molecule has 0 spiro atoms. The standard InChI is InChI=1S/C18H25N3O2/c1-18(2,3)17-19-16(23-20-17)13-21-9-10-22-15(12-21)11-14-7-5-4-6-8-14/h4-8,15H,9-13H2,1-3H3. The van der Waals surface area contributed by atoms with Crippen molar-refractivity contribution < 1.29 is 9.26 Å². The Morgan fingerprint density at radius 3 is 2.70 bits per heavy atom. The van der Waals surface area contributed by atoms with Crippen LogP contribution >= 0.6 is 0 Å². The van der Waals surface area contributed by atoms with Crippen molar-refractivity contribution in [2.75, 3.05) is 19.7 Å². The summed E-state index contributed by atoms with van der Waals surface area (Å²) in [5.41, 5.74) is 1.23. The third-order valence-corrected chi connectivity index (χ3v) is 4.03. The molecule has 1 aromatic heterocycles. The van der Waals surface area contributed by atoms with Crippen molar-refractivity contribution in [3.8, 4) is 0 Å². The molecule has 1 fully saturated rings. The molecule has 0 amide bonds. The second-order valence-electron chi connectivity index (χ2n) is 7.18. The fourth-order valence-electron chi connectivity index (χ4n) is 2.74. The molecule has 23 heavy (non-hydrogen) atoms. The maximum Gasteiger partial charge on any atom is 0.240 e. The molecule has 0 radical (unpaired) electrons. The normalized spacial score (nSPS) is 19.9. The van der Waals surface area contributed by atoms with Crippen LogP contribution in [0.2, 0.25) is 0 Å². The van der Waals surface area contributed by atoms with Crippen LogP contribution in [0.3, 0.4) is 0 Å². The average Bonchev–Trinajstić information content (AvgIpc) is 2.97. The van der Waals surface area contributed by atoms with Crippen molar-refractivity contribution in [3.63, 3.8) is 0 Å². The summed E-state index contributed by atoms with van der Waals surface area (Å²) in [6.45, 7) is 9.50. The van der Waals surface area contributed by atoms with Gasteiger partial charge >= 0.3 is 0 Å². The number of morpholine rings is 1. The van der Waals surface area contributed by atoms with Gasteiger partial charge in [0.15, 0.2) is 5.82 Å². The van der Waals surface area contributed by atoms with Crippen molar-refractivity contribution in [1.82, 2.24) is 15.0 Å². The summed E-state index contributed by atoms with van der Waals surface area (Å²) in [5, 5.41) is 4.10. The van der Waals surface area contributed by atoms with Crippen LogP contribution in [0.1, 0.15) is 38.0 Å². The summed E-state index contributed by atoms with van der Waals surface area (Å²) in [7, 11) is 0. The van der Waals surface area contributed by atoms with Gasteiger partial charge < -0.3 is 9.26 Å². The number of hydrogen-bond acceptors (Lipinski definition) is 5. The lowest BCUT2D eigenvalue weighted by Gasteiger charge is -2.32. The van der Waals surface area contributed by atoms with E-state index in [0.717, 1.165) is 31.9 Å². The van der Waals surface area contributed by atoms with Gasteiger partial charge in [-0.2, -0.15) is 4.98 Å². The SMILES string of the molecule is CC(C)(C)c1noc(CN2CCOC(Cc3ccccc3)C2)n1. The molecule has 0 saturated carbocycles. The van der Waals surface area contributed by atoms with Crippen LogP contribution in [-0.4, -0.2) is 40.8 Å². The molecule has 5 nitrogen and oxygen atoms in total. The molecular formula is C18H25N3O2. The summed E-state index contributed by atoms with van der Waals surface area (Å²) in [4.78, 5) is 6.85. The zero-order chi connectivity index (χ0) is 16.3. The number of nitrogens with zero attached hydrogens (tertiary/aromatic N) is 3. The van der Waals surface area contributed by atoms with Crippen molar-refractivity contribution in [3.05, 3.63) is 47.6 Å². The highest BCUT2D eigenvalue weighted by molar-refractivity contribution is 5.15. The quantitative estimate of drug-likeness (QED) is 0.868. The van der Waals surface area contributed by atoms with Gasteiger partial charge in [0.25, 0.3) is 0 Å². The molecule has 5 heteroatoms. The van der Waals surface area contributed by atoms with Gasteiger partial charge in [-0.3, -0.25) is 4.90 Å². The van der Waals surface area contributed by atoms with E-state index in [1.807, 2.05) is 6.07 Å². The van der Waals surface area contributed by atoms with Gasteiger partial charge in [0.1, 0.15) is 0 Å². The Hall–Kier alpha value is -1.72. The molecule has 0 bridgehead atoms. The smallest absolute Gasteiger partial charge is 0.240 e. The fraction of sp³-hybridized carbons (Fsp3) is 0.556. The summed E-state index contributed by atoms with van der Waals surface area (Å²) in [6.07, 6.45) is 1.16. The Bertz CT molecular complexity index is 619. The highest BCUT2D eigenvalue weighted by atomic mass is 16.5. The molecule has 1 saturated heterocycles. The van der Waals surface area contributed by atoms with Crippen LogP contribution in [0.15, 0.2) is 34.9 Å². The van der Waals surface area contributed by atoms with Crippen molar-refractivity contribution in [1.29, 1.82) is 0 Å². The first kappa shape index (κ1) is 16.1. The second-order valence-corrected chi connectivity index (χ2v) is 7.18. The minimum atomic E-state index is -0.0808. The van der Waals surface area contributed by atoms with Gasteiger partial charge in [0.2, 0.25) is 5.89 Å². The molecule has 1 aliphatic heterocycles. The van der Waals surface area contributed by atoms with Crippen molar-refractivity contribution in [2.24, 2.45) is 0 Å². The van der Waals surface area contributed by atoms with Gasteiger partial charge in [0, 0.05) is 18.5 Å². The lowest BCUT2D eigenvalue weighted by atomic mass is 9.96. The Labute approximate surface area is 137 Å². The molecule has 0 aliphatic carbocycles. The predicted molar refractivity (Wildman–Crippen MR) is 88.2 cm³/mol. The van der Waals surface area contributed by atoms with Gasteiger partial charge in [-0.05, 0) is 12.0 Å². The van der Waals surface area contributed by atoms with Crippen LogP contribution in [0.25, 0.3) is 0 Å². The maximum atomic E-state index is 5.90. The Morgan fingerprint density at radius 2 is 2.00 bits per heavy atom.